The second-order valence-corrected chi connectivity index (χ2v) is 6.26. The fraction of sp³-hybridized carbons (Fsp3) is 0.529. The summed E-state index contributed by atoms with van der Waals surface area (Å²) in [6.07, 6.45) is 1.52. The molecular weight excluding hydrogens is 336 g/mol. The number of ether oxygens (including phenoxy) is 1. The van der Waals surface area contributed by atoms with Gasteiger partial charge in [-0.3, -0.25) is 19.0 Å². The van der Waals surface area contributed by atoms with Crippen LogP contribution in [0.4, 0.5) is 5.69 Å². The van der Waals surface area contributed by atoms with Crippen LogP contribution in [0.5, 0.6) is 0 Å². The average molecular weight is 360 g/mol. The molecule has 3 heterocycles. The summed E-state index contributed by atoms with van der Waals surface area (Å²) in [6.45, 7) is 8.42. The van der Waals surface area contributed by atoms with Crippen molar-refractivity contribution in [2.24, 2.45) is 0 Å². The Balaban J connectivity index is 1.77. The van der Waals surface area contributed by atoms with Crippen LogP contribution in [0, 0.1) is 13.8 Å². The maximum atomic E-state index is 12.9. The summed E-state index contributed by atoms with van der Waals surface area (Å²) < 4.78 is 8.55. The first-order valence-corrected chi connectivity index (χ1v) is 8.73. The lowest BCUT2D eigenvalue weighted by Crippen LogP contribution is -2.41. The molecule has 0 bridgehead atoms. The molecule has 0 aromatic carbocycles. The Labute approximate surface area is 151 Å². The van der Waals surface area contributed by atoms with E-state index in [2.05, 4.69) is 15.5 Å². The highest BCUT2D eigenvalue weighted by Gasteiger charge is 2.26. The van der Waals surface area contributed by atoms with Crippen LogP contribution in [0.15, 0.2) is 12.3 Å². The second kappa shape index (κ2) is 7.69. The molecule has 0 unspecified atom stereocenters. The van der Waals surface area contributed by atoms with E-state index in [-0.39, 0.29) is 18.4 Å². The molecule has 2 aromatic rings. The van der Waals surface area contributed by atoms with Crippen LogP contribution in [0.3, 0.4) is 0 Å². The van der Waals surface area contributed by atoms with Crippen LogP contribution in [-0.4, -0.2) is 62.6 Å². The molecular formula is C17H24N6O3. The molecule has 9 nitrogen and oxygen atoms in total. The standard InChI is InChI=1S/C17H24N6O3/c1-4-22-16(17(25)21-5-7-26-8-6-21)14(10-18-22)19-15(24)11-23-13(3)9-12(2)20-23/h9-10H,4-8,11H2,1-3H3,(H,19,24). The topological polar surface area (TPSA) is 94.3 Å². The van der Waals surface area contributed by atoms with Crippen molar-refractivity contribution < 1.29 is 14.3 Å². The van der Waals surface area contributed by atoms with Crippen molar-refractivity contribution in [3.05, 3.63) is 29.3 Å². The zero-order valence-corrected chi connectivity index (χ0v) is 15.4. The predicted octanol–water partition coefficient (Wildman–Crippen LogP) is 0.827. The number of hydrogen-bond acceptors (Lipinski definition) is 5. The van der Waals surface area contributed by atoms with Crippen LogP contribution in [0.1, 0.15) is 28.8 Å². The molecule has 1 saturated heterocycles. The smallest absolute Gasteiger partial charge is 0.274 e. The number of morpholine rings is 1. The minimum atomic E-state index is -0.247. The molecule has 9 heteroatoms. The van der Waals surface area contributed by atoms with Crippen LogP contribution in [0.25, 0.3) is 0 Å². The highest BCUT2D eigenvalue weighted by molar-refractivity contribution is 6.02. The van der Waals surface area contributed by atoms with Gasteiger partial charge in [0.15, 0.2) is 0 Å². The Kier molecular flexibility index (Phi) is 5.36. The maximum Gasteiger partial charge on any atom is 0.274 e. The number of nitrogens with zero attached hydrogens (tertiary/aromatic N) is 5. The Morgan fingerprint density at radius 1 is 1.23 bits per heavy atom. The maximum absolute atomic E-state index is 12.9. The van der Waals surface area contributed by atoms with E-state index in [0.717, 1.165) is 11.4 Å². The molecule has 1 aliphatic rings. The number of rotatable bonds is 5. The average Bonchev–Trinajstić information content (AvgIpc) is 3.17. The fourth-order valence-corrected chi connectivity index (χ4v) is 3.02. The first kappa shape index (κ1) is 18.1. The van der Waals surface area contributed by atoms with Crippen LogP contribution in [0.2, 0.25) is 0 Å². The van der Waals surface area contributed by atoms with Gasteiger partial charge in [0.1, 0.15) is 12.2 Å². The summed E-state index contributed by atoms with van der Waals surface area (Å²) in [5, 5.41) is 11.3. The highest BCUT2D eigenvalue weighted by atomic mass is 16.5. The van der Waals surface area contributed by atoms with Crippen molar-refractivity contribution in [3.63, 3.8) is 0 Å². The van der Waals surface area contributed by atoms with E-state index in [4.69, 9.17) is 4.74 Å². The van der Waals surface area contributed by atoms with Gasteiger partial charge in [-0.05, 0) is 26.8 Å². The van der Waals surface area contributed by atoms with Crippen LogP contribution < -0.4 is 5.32 Å². The summed E-state index contributed by atoms with van der Waals surface area (Å²) in [4.78, 5) is 27.1. The summed E-state index contributed by atoms with van der Waals surface area (Å²) in [5.41, 5.74) is 2.59. The molecule has 0 spiro atoms. The van der Waals surface area contributed by atoms with Gasteiger partial charge in [-0.2, -0.15) is 10.2 Å². The Morgan fingerprint density at radius 3 is 2.58 bits per heavy atom. The zero-order valence-electron chi connectivity index (χ0n) is 15.4. The normalized spacial score (nSPS) is 14.5. The Bertz CT molecular complexity index is 804. The number of hydrogen-bond donors (Lipinski definition) is 1. The number of aryl methyl sites for hydroxylation is 3. The van der Waals surface area contributed by atoms with Crippen molar-refractivity contribution in [3.8, 4) is 0 Å². The minimum Gasteiger partial charge on any atom is -0.378 e. The van der Waals surface area contributed by atoms with E-state index in [1.54, 1.807) is 14.3 Å². The van der Waals surface area contributed by atoms with Crippen molar-refractivity contribution in [2.75, 3.05) is 31.6 Å². The number of anilines is 1. The number of carbonyl (C=O) groups excluding carboxylic acids is 2. The lowest BCUT2D eigenvalue weighted by atomic mass is 10.2. The van der Waals surface area contributed by atoms with E-state index in [1.807, 2.05) is 26.8 Å². The van der Waals surface area contributed by atoms with E-state index in [1.165, 1.54) is 6.20 Å². The van der Waals surface area contributed by atoms with Crippen molar-refractivity contribution in [1.29, 1.82) is 0 Å². The van der Waals surface area contributed by atoms with Gasteiger partial charge in [0, 0.05) is 25.3 Å². The molecule has 2 aromatic heterocycles. The van der Waals surface area contributed by atoms with Gasteiger partial charge in [-0.1, -0.05) is 0 Å². The van der Waals surface area contributed by atoms with Crippen molar-refractivity contribution >= 4 is 17.5 Å². The lowest BCUT2D eigenvalue weighted by Gasteiger charge is -2.27. The van der Waals surface area contributed by atoms with Crippen LogP contribution in [-0.2, 0) is 22.6 Å². The number of carbonyl (C=O) groups is 2. The van der Waals surface area contributed by atoms with Gasteiger partial charge in [0.25, 0.3) is 5.91 Å². The first-order valence-electron chi connectivity index (χ1n) is 8.73. The molecule has 1 aliphatic heterocycles. The molecule has 0 radical (unpaired) electrons. The van der Waals surface area contributed by atoms with E-state index < -0.39 is 0 Å². The lowest BCUT2D eigenvalue weighted by molar-refractivity contribution is -0.116. The molecule has 0 aliphatic carbocycles. The molecule has 26 heavy (non-hydrogen) atoms. The van der Waals surface area contributed by atoms with Gasteiger partial charge in [0.05, 0.1) is 30.8 Å². The molecule has 1 fully saturated rings. The van der Waals surface area contributed by atoms with Crippen molar-refractivity contribution in [1.82, 2.24) is 24.5 Å². The van der Waals surface area contributed by atoms with E-state index >= 15 is 0 Å². The third kappa shape index (κ3) is 3.77. The number of amides is 2. The summed E-state index contributed by atoms with van der Waals surface area (Å²) in [7, 11) is 0. The van der Waals surface area contributed by atoms with Gasteiger partial charge < -0.3 is 15.0 Å². The quantitative estimate of drug-likeness (QED) is 0.852. The van der Waals surface area contributed by atoms with Gasteiger partial charge in [-0.25, -0.2) is 0 Å². The molecule has 140 valence electrons. The monoisotopic (exact) mass is 360 g/mol. The van der Waals surface area contributed by atoms with Crippen LogP contribution >= 0.6 is 0 Å². The Morgan fingerprint density at radius 2 is 1.96 bits per heavy atom. The molecule has 0 saturated carbocycles. The molecule has 1 N–H and O–H groups in total. The summed E-state index contributed by atoms with van der Waals surface area (Å²) in [6, 6.07) is 1.91. The third-order valence-corrected chi connectivity index (χ3v) is 4.31. The molecule has 2 amide bonds. The third-order valence-electron chi connectivity index (χ3n) is 4.31. The van der Waals surface area contributed by atoms with E-state index in [9.17, 15) is 9.59 Å². The minimum absolute atomic E-state index is 0.0855. The second-order valence-electron chi connectivity index (χ2n) is 6.26. The fourth-order valence-electron chi connectivity index (χ4n) is 3.02. The van der Waals surface area contributed by atoms with Gasteiger partial charge in [-0.15, -0.1) is 0 Å². The number of aromatic nitrogens is 4. The summed E-state index contributed by atoms with van der Waals surface area (Å²) >= 11 is 0. The van der Waals surface area contributed by atoms with E-state index in [0.29, 0.717) is 44.2 Å². The zero-order chi connectivity index (χ0) is 18.7. The molecule has 0 atom stereocenters. The summed E-state index contributed by atoms with van der Waals surface area (Å²) in [5.74, 6) is -0.392. The highest BCUT2D eigenvalue weighted by Crippen LogP contribution is 2.18. The SMILES string of the molecule is CCn1ncc(NC(=O)Cn2nc(C)cc2C)c1C(=O)N1CCOCC1. The first-order chi connectivity index (χ1) is 12.5. The number of nitrogens with one attached hydrogen (secondary N) is 1. The molecule has 3 rings (SSSR count). The Hall–Kier alpha value is -2.68. The van der Waals surface area contributed by atoms with Gasteiger partial charge >= 0.3 is 0 Å². The van der Waals surface area contributed by atoms with Gasteiger partial charge in [0.2, 0.25) is 5.91 Å². The predicted molar refractivity (Wildman–Crippen MR) is 95.0 cm³/mol. The van der Waals surface area contributed by atoms with Crippen molar-refractivity contribution in [2.45, 2.75) is 33.9 Å². The largest absolute Gasteiger partial charge is 0.378 e.